The number of benzene rings is 2. The van der Waals surface area contributed by atoms with Crippen molar-refractivity contribution in [1.82, 2.24) is 9.97 Å². The molecule has 0 aliphatic heterocycles. The number of thiazole rings is 1. The zero-order valence-electron chi connectivity index (χ0n) is 16.2. The van der Waals surface area contributed by atoms with Crippen molar-refractivity contribution in [2.45, 2.75) is 13.5 Å². The number of carbonyl (C=O) groups is 1. The van der Waals surface area contributed by atoms with Gasteiger partial charge >= 0.3 is 0 Å². The van der Waals surface area contributed by atoms with Crippen molar-refractivity contribution in [3.05, 3.63) is 89.2 Å². The normalized spacial score (nSPS) is 9.97. The van der Waals surface area contributed by atoms with Gasteiger partial charge in [-0.25, -0.2) is 4.98 Å². The van der Waals surface area contributed by atoms with Gasteiger partial charge in [0.15, 0.2) is 5.13 Å². The van der Waals surface area contributed by atoms with Crippen LogP contribution in [0.3, 0.4) is 0 Å². The Morgan fingerprint density at radius 3 is 2.62 bits per heavy atom. The molecule has 4 rings (SSSR count). The molecule has 2 aromatic carbocycles. The molecule has 144 valence electrons. The van der Waals surface area contributed by atoms with Gasteiger partial charge < -0.3 is 4.90 Å². The first kappa shape index (κ1) is 20.2. The lowest BCUT2D eigenvalue weighted by molar-refractivity contribution is 0.112. The van der Waals surface area contributed by atoms with E-state index < -0.39 is 0 Å². The lowest BCUT2D eigenvalue weighted by atomic mass is 10.2. The van der Waals surface area contributed by atoms with Gasteiger partial charge in [-0.1, -0.05) is 35.6 Å². The monoisotopic (exact) mass is 400 g/mol. The Morgan fingerprint density at radius 2 is 1.97 bits per heavy atom. The average Bonchev–Trinajstić information content (AvgIpc) is 3.18. The molecule has 4 aromatic rings. The maximum Gasteiger partial charge on any atom is 0.186 e. The van der Waals surface area contributed by atoms with Crippen molar-refractivity contribution >= 4 is 33.0 Å². The fraction of sp³-hybridized carbons (Fsp3) is 0.130. The van der Waals surface area contributed by atoms with Crippen LogP contribution in [0.15, 0.2) is 67.0 Å². The van der Waals surface area contributed by atoms with Crippen LogP contribution in [0.5, 0.6) is 0 Å². The molecule has 0 spiro atoms. The van der Waals surface area contributed by atoms with Gasteiger partial charge in [-0.05, 0) is 48.4 Å². The third kappa shape index (κ3) is 5.47. The van der Waals surface area contributed by atoms with Crippen LogP contribution in [-0.4, -0.2) is 23.3 Å². The van der Waals surface area contributed by atoms with Crippen LogP contribution in [0.1, 0.15) is 27.0 Å². The maximum atomic E-state index is 10.1. The minimum atomic E-state index is 0.575. The molecular formula is C23H20N4OS. The number of hydrogen-bond donors (Lipinski definition) is 0. The average molecular weight is 401 g/mol. The number of nitrogens with zero attached hydrogens (tertiary/aromatic N) is 4. The molecule has 6 heteroatoms. The van der Waals surface area contributed by atoms with Gasteiger partial charge in [-0.15, -0.1) is 0 Å². The van der Waals surface area contributed by atoms with Crippen molar-refractivity contribution in [2.24, 2.45) is 0 Å². The van der Waals surface area contributed by atoms with Crippen molar-refractivity contribution in [2.75, 3.05) is 11.9 Å². The van der Waals surface area contributed by atoms with E-state index in [9.17, 15) is 4.79 Å². The van der Waals surface area contributed by atoms with Crippen LogP contribution in [0.2, 0.25) is 0 Å². The SMILES string of the molecule is Cc1ccc2sc(N(C)Cc3cccnc3)nc2c1.N#Cc1ccc(C=O)cc1. The number of aromatic nitrogens is 2. The highest BCUT2D eigenvalue weighted by Crippen LogP contribution is 2.29. The smallest absolute Gasteiger partial charge is 0.186 e. The zero-order valence-corrected chi connectivity index (χ0v) is 17.1. The Labute approximate surface area is 173 Å². The highest BCUT2D eigenvalue weighted by atomic mass is 32.1. The van der Waals surface area contributed by atoms with E-state index in [1.165, 1.54) is 15.8 Å². The summed E-state index contributed by atoms with van der Waals surface area (Å²) in [6, 6.07) is 18.9. The van der Waals surface area contributed by atoms with E-state index in [0.29, 0.717) is 11.1 Å². The van der Waals surface area contributed by atoms with Crippen LogP contribution in [0.25, 0.3) is 10.2 Å². The van der Waals surface area contributed by atoms with E-state index in [1.807, 2.05) is 18.3 Å². The van der Waals surface area contributed by atoms with Gasteiger partial charge in [0.05, 0.1) is 21.8 Å². The van der Waals surface area contributed by atoms with Crippen LogP contribution < -0.4 is 4.90 Å². The summed E-state index contributed by atoms with van der Waals surface area (Å²) in [7, 11) is 2.07. The van der Waals surface area contributed by atoms with Crippen molar-refractivity contribution in [3.63, 3.8) is 0 Å². The first-order chi connectivity index (χ1) is 14.1. The molecule has 0 bridgehead atoms. The topological polar surface area (TPSA) is 69.9 Å². The lowest BCUT2D eigenvalue weighted by Crippen LogP contribution is -2.15. The summed E-state index contributed by atoms with van der Waals surface area (Å²) in [6.07, 6.45) is 4.44. The molecule has 0 saturated carbocycles. The largest absolute Gasteiger partial charge is 0.347 e. The van der Waals surface area contributed by atoms with Crippen LogP contribution >= 0.6 is 11.3 Å². The molecule has 0 radical (unpaired) electrons. The second-order valence-corrected chi connectivity index (χ2v) is 7.55. The van der Waals surface area contributed by atoms with Gasteiger partial charge in [-0.2, -0.15) is 5.26 Å². The summed E-state index contributed by atoms with van der Waals surface area (Å²) in [6.45, 7) is 2.92. The molecule has 0 aliphatic rings. The van der Waals surface area contributed by atoms with Gasteiger partial charge in [0.1, 0.15) is 6.29 Å². The summed E-state index contributed by atoms with van der Waals surface area (Å²) in [4.78, 5) is 21.1. The Morgan fingerprint density at radius 1 is 1.17 bits per heavy atom. The Kier molecular flexibility index (Phi) is 6.67. The number of aldehydes is 1. The van der Waals surface area contributed by atoms with E-state index in [2.05, 4.69) is 48.1 Å². The van der Waals surface area contributed by atoms with Gasteiger partial charge in [0, 0.05) is 31.5 Å². The Hall–Kier alpha value is -3.56. The second-order valence-electron chi connectivity index (χ2n) is 6.54. The minimum Gasteiger partial charge on any atom is -0.347 e. The van der Waals surface area contributed by atoms with Crippen molar-refractivity contribution < 1.29 is 4.79 Å². The number of anilines is 1. The molecule has 0 atom stereocenters. The molecule has 0 unspecified atom stereocenters. The van der Waals surface area contributed by atoms with Crippen LogP contribution in [-0.2, 0) is 6.54 Å². The van der Waals surface area contributed by atoms with Crippen LogP contribution in [0.4, 0.5) is 5.13 Å². The van der Waals surface area contributed by atoms with Crippen molar-refractivity contribution in [3.8, 4) is 6.07 Å². The minimum absolute atomic E-state index is 0.575. The Bertz CT molecular complexity index is 1130. The maximum absolute atomic E-state index is 10.1. The third-order valence-electron chi connectivity index (χ3n) is 4.18. The number of pyridine rings is 1. The fourth-order valence-electron chi connectivity index (χ4n) is 2.66. The molecule has 2 heterocycles. The predicted octanol–water partition coefficient (Wildman–Crippen LogP) is 5.01. The van der Waals surface area contributed by atoms with Gasteiger partial charge in [0.2, 0.25) is 0 Å². The summed E-state index contributed by atoms with van der Waals surface area (Å²) in [5, 5.41) is 9.41. The number of rotatable bonds is 4. The number of hydrogen-bond acceptors (Lipinski definition) is 6. The number of carbonyl (C=O) groups excluding carboxylic acids is 1. The molecule has 5 nitrogen and oxygen atoms in total. The molecule has 0 aliphatic carbocycles. The number of fused-ring (bicyclic) bond motifs is 1. The summed E-state index contributed by atoms with van der Waals surface area (Å²) in [5.74, 6) is 0. The lowest BCUT2D eigenvalue weighted by Gasteiger charge is -2.14. The first-order valence-electron chi connectivity index (χ1n) is 9.01. The van der Waals surface area contributed by atoms with Gasteiger partial charge in [0.25, 0.3) is 0 Å². The summed E-state index contributed by atoms with van der Waals surface area (Å²) in [5.41, 5.74) is 4.70. The molecular weight excluding hydrogens is 380 g/mol. The van der Waals surface area contributed by atoms with E-state index in [-0.39, 0.29) is 0 Å². The van der Waals surface area contributed by atoms with Gasteiger partial charge in [-0.3, -0.25) is 9.78 Å². The Balaban J connectivity index is 0.000000204. The molecule has 29 heavy (non-hydrogen) atoms. The standard InChI is InChI=1S/C15H15N3S.C8H5NO/c1-11-5-6-14-13(8-11)17-15(19-14)18(2)10-12-4-3-7-16-9-12;9-5-7-1-3-8(6-10)4-2-7/h3-9H,10H2,1-2H3;1-4,6H. The summed E-state index contributed by atoms with van der Waals surface area (Å²) < 4.78 is 1.23. The number of nitriles is 1. The fourth-order valence-corrected chi connectivity index (χ4v) is 3.56. The first-order valence-corrected chi connectivity index (χ1v) is 9.83. The van der Waals surface area contributed by atoms with Crippen LogP contribution in [0, 0.1) is 18.3 Å². The molecule has 2 aromatic heterocycles. The molecule has 0 saturated heterocycles. The number of aryl methyl sites for hydroxylation is 1. The van der Waals surface area contributed by atoms with E-state index in [1.54, 1.807) is 41.8 Å². The molecule has 0 amide bonds. The quantitative estimate of drug-likeness (QED) is 0.451. The molecule has 0 fully saturated rings. The predicted molar refractivity (Wildman–Crippen MR) is 117 cm³/mol. The summed E-state index contributed by atoms with van der Waals surface area (Å²) >= 11 is 1.73. The van der Waals surface area contributed by atoms with E-state index >= 15 is 0 Å². The third-order valence-corrected chi connectivity index (χ3v) is 5.33. The zero-order chi connectivity index (χ0) is 20.6. The highest BCUT2D eigenvalue weighted by molar-refractivity contribution is 7.22. The second kappa shape index (κ2) is 9.58. The van der Waals surface area contributed by atoms with E-state index in [4.69, 9.17) is 10.2 Å². The molecule has 0 N–H and O–H groups in total. The van der Waals surface area contributed by atoms with Crippen molar-refractivity contribution in [1.29, 1.82) is 5.26 Å². The van der Waals surface area contributed by atoms with E-state index in [0.717, 1.165) is 23.5 Å². The highest BCUT2D eigenvalue weighted by Gasteiger charge is 2.09.